The van der Waals surface area contributed by atoms with E-state index < -0.39 is 0 Å². The fourth-order valence-electron chi connectivity index (χ4n) is 3.31. The van der Waals surface area contributed by atoms with Crippen LogP contribution < -0.4 is 4.74 Å². The molecule has 3 heterocycles. The van der Waals surface area contributed by atoms with E-state index >= 15 is 0 Å². The smallest absolute Gasteiger partial charge is 0.145 e. The predicted molar refractivity (Wildman–Crippen MR) is 94.0 cm³/mol. The van der Waals surface area contributed by atoms with E-state index in [4.69, 9.17) is 25.8 Å². The first-order valence-electron chi connectivity index (χ1n) is 8.71. The van der Waals surface area contributed by atoms with Crippen molar-refractivity contribution in [2.45, 2.75) is 24.9 Å². The van der Waals surface area contributed by atoms with Crippen molar-refractivity contribution in [1.82, 2.24) is 14.7 Å². The molecular formula is C18H21ClFN3O3. The van der Waals surface area contributed by atoms with Crippen LogP contribution in [0.15, 0.2) is 36.7 Å². The standard InChI is InChI=1S/C18H21ClFN3O3/c19-13-7-21-23(8-13)6-5-22-9-17-18(10-22)25-12-16(11-24-17)26-15-3-1-14(20)2-4-15/h1-4,7-8,16-18H,5-6,9-12H2/t17-,18-/m0/s1. The van der Waals surface area contributed by atoms with E-state index in [2.05, 4.69) is 10.00 Å². The number of aromatic nitrogens is 2. The van der Waals surface area contributed by atoms with E-state index in [1.807, 2.05) is 10.9 Å². The highest BCUT2D eigenvalue weighted by Crippen LogP contribution is 2.22. The largest absolute Gasteiger partial charge is 0.486 e. The average Bonchev–Trinajstić information content (AvgIpc) is 3.18. The van der Waals surface area contributed by atoms with Crippen molar-refractivity contribution in [3.63, 3.8) is 0 Å². The molecule has 0 N–H and O–H groups in total. The number of nitrogens with zero attached hydrogens (tertiary/aromatic N) is 3. The second-order valence-electron chi connectivity index (χ2n) is 6.62. The molecule has 0 unspecified atom stereocenters. The first-order valence-corrected chi connectivity index (χ1v) is 9.09. The van der Waals surface area contributed by atoms with Gasteiger partial charge in [-0.05, 0) is 24.3 Å². The summed E-state index contributed by atoms with van der Waals surface area (Å²) >= 11 is 5.89. The number of rotatable bonds is 5. The van der Waals surface area contributed by atoms with Crippen LogP contribution in [-0.2, 0) is 16.0 Å². The van der Waals surface area contributed by atoms with Crippen LogP contribution in [0.25, 0.3) is 0 Å². The van der Waals surface area contributed by atoms with Crippen LogP contribution in [0.4, 0.5) is 4.39 Å². The van der Waals surface area contributed by atoms with Crippen LogP contribution in [0, 0.1) is 5.82 Å². The van der Waals surface area contributed by atoms with Crippen molar-refractivity contribution in [2.75, 3.05) is 32.8 Å². The first-order chi connectivity index (χ1) is 12.7. The molecule has 2 aromatic rings. The lowest BCUT2D eigenvalue weighted by Gasteiger charge is -2.19. The van der Waals surface area contributed by atoms with E-state index in [-0.39, 0.29) is 24.1 Å². The molecule has 4 rings (SSSR count). The van der Waals surface area contributed by atoms with Gasteiger partial charge in [0.1, 0.15) is 17.7 Å². The van der Waals surface area contributed by atoms with Gasteiger partial charge in [-0.25, -0.2) is 4.39 Å². The van der Waals surface area contributed by atoms with Crippen molar-refractivity contribution < 1.29 is 18.6 Å². The minimum atomic E-state index is -0.280. The summed E-state index contributed by atoms with van der Waals surface area (Å²) in [6, 6.07) is 5.99. The molecule has 2 atom stereocenters. The summed E-state index contributed by atoms with van der Waals surface area (Å²) in [5, 5.41) is 4.84. The maximum absolute atomic E-state index is 13.0. The van der Waals surface area contributed by atoms with Crippen LogP contribution in [0.3, 0.4) is 0 Å². The van der Waals surface area contributed by atoms with Gasteiger partial charge in [-0.2, -0.15) is 5.10 Å². The van der Waals surface area contributed by atoms with Gasteiger partial charge < -0.3 is 14.2 Å². The van der Waals surface area contributed by atoms with E-state index in [1.165, 1.54) is 12.1 Å². The normalized spacial score (nSPS) is 24.4. The topological polar surface area (TPSA) is 48.8 Å². The number of fused-ring (bicyclic) bond motifs is 1. The second kappa shape index (κ2) is 7.92. The number of hydrogen-bond donors (Lipinski definition) is 0. The van der Waals surface area contributed by atoms with Crippen molar-refractivity contribution in [1.29, 1.82) is 0 Å². The molecule has 0 saturated carbocycles. The Bertz CT molecular complexity index is 711. The molecule has 2 saturated heterocycles. The van der Waals surface area contributed by atoms with Gasteiger partial charge in [0.05, 0.1) is 43.2 Å². The molecule has 0 bridgehead atoms. The highest BCUT2D eigenvalue weighted by Gasteiger charge is 2.37. The molecular weight excluding hydrogens is 361 g/mol. The Kier molecular flexibility index (Phi) is 5.40. The van der Waals surface area contributed by atoms with Gasteiger partial charge in [0, 0.05) is 25.8 Å². The van der Waals surface area contributed by atoms with Crippen molar-refractivity contribution in [2.24, 2.45) is 0 Å². The van der Waals surface area contributed by atoms with E-state index in [1.54, 1.807) is 18.3 Å². The highest BCUT2D eigenvalue weighted by molar-refractivity contribution is 6.30. The molecule has 0 spiro atoms. The molecule has 2 aliphatic heterocycles. The molecule has 0 radical (unpaired) electrons. The average molecular weight is 382 g/mol. The lowest BCUT2D eigenvalue weighted by atomic mass is 10.3. The lowest BCUT2D eigenvalue weighted by Crippen LogP contribution is -2.31. The van der Waals surface area contributed by atoms with Gasteiger partial charge >= 0.3 is 0 Å². The fraction of sp³-hybridized carbons (Fsp3) is 0.500. The molecule has 1 aromatic carbocycles. The molecule has 0 aliphatic carbocycles. The SMILES string of the molecule is Fc1ccc(OC2CO[C@H]3CN(CCn4cc(Cl)cn4)C[C@@H]3OC2)cc1. The number of hydrogen-bond acceptors (Lipinski definition) is 5. The van der Waals surface area contributed by atoms with Gasteiger partial charge in [-0.15, -0.1) is 0 Å². The molecule has 2 fully saturated rings. The summed E-state index contributed by atoms with van der Waals surface area (Å²) in [5.74, 6) is 0.341. The third kappa shape index (κ3) is 4.35. The minimum absolute atomic E-state index is 0.0398. The van der Waals surface area contributed by atoms with Crippen LogP contribution in [0.2, 0.25) is 5.02 Å². The molecule has 0 amide bonds. The van der Waals surface area contributed by atoms with E-state index in [9.17, 15) is 4.39 Å². The summed E-state index contributed by atoms with van der Waals surface area (Å²) in [6.07, 6.45) is 3.35. The maximum Gasteiger partial charge on any atom is 0.145 e. The molecule has 6 nitrogen and oxygen atoms in total. The number of likely N-dealkylation sites (tertiary alicyclic amines) is 1. The third-order valence-corrected chi connectivity index (χ3v) is 4.84. The quantitative estimate of drug-likeness (QED) is 0.795. The number of ether oxygens (including phenoxy) is 3. The van der Waals surface area contributed by atoms with Crippen molar-refractivity contribution in [3.8, 4) is 5.75 Å². The highest BCUT2D eigenvalue weighted by atomic mass is 35.5. The summed E-state index contributed by atoms with van der Waals surface area (Å²) < 4.78 is 32.7. The third-order valence-electron chi connectivity index (χ3n) is 4.65. The second-order valence-corrected chi connectivity index (χ2v) is 7.05. The molecule has 2 aliphatic rings. The lowest BCUT2D eigenvalue weighted by molar-refractivity contribution is -0.00461. The molecule has 8 heteroatoms. The molecule has 26 heavy (non-hydrogen) atoms. The van der Waals surface area contributed by atoms with Crippen LogP contribution in [-0.4, -0.2) is 65.8 Å². The zero-order valence-electron chi connectivity index (χ0n) is 14.3. The van der Waals surface area contributed by atoms with Crippen LogP contribution in [0.5, 0.6) is 5.75 Å². The fourth-order valence-corrected chi connectivity index (χ4v) is 3.47. The van der Waals surface area contributed by atoms with Gasteiger partial charge in [-0.3, -0.25) is 9.58 Å². The Balaban J connectivity index is 1.25. The van der Waals surface area contributed by atoms with Crippen molar-refractivity contribution in [3.05, 3.63) is 47.5 Å². The molecule has 1 aromatic heterocycles. The Morgan fingerprint density at radius 1 is 1.12 bits per heavy atom. The van der Waals surface area contributed by atoms with E-state index in [0.29, 0.717) is 24.0 Å². The Morgan fingerprint density at radius 3 is 2.42 bits per heavy atom. The molecule has 140 valence electrons. The maximum atomic E-state index is 13.0. The van der Waals surface area contributed by atoms with Crippen molar-refractivity contribution >= 4 is 11.6 Å². The Morgan fingerprint density at radius 2 is 1.81 bits per heavy atom. The van der Waals surface area contributed by atoms with Gasteiger partial charge in [0.15, 0.2) is 0 Å². The monoisotopic (exact) mass is 381 g/mol. The van der Waals surface area contributed by atoms with Crippen LogP contribution in [0.1, 0.15) is 0 Å². The van der Waals surface area contributed by atoms with E-state index in [0.717, 1.165) is 26.2 Å². The Hall–Kier alpha value is -1.67. The summed E-state index contributed by atoms with van der Waals surface area (Å²) in [6.45, 7) is 4.21. The summed E-state index contributed by atoms with van der Waals surface area (Å²) in [5.41, 5.74) is 0. The van der Waals surface area contributed by atoms with Gasteiger partial charge in [-0.1, -0.05) is 11.6 Å². The zero-order valence-corrected chi connectivity index (χ0v) is 15.0. The van der Waals surface area contributed by atoms with Gasteiger partial charge in [0.2, 0.25) is 0 Å². The first kappa shape index (κ1) is 17.7. The Labute approximate surface area is 156 Å². The minimum Gasteiger partial charge on any atom is -0.486 e. The summed E-state index contributed by atoms with van der Waals surface area (Å²) in [4.78, 5) is 2.31. The zero-order chi connectivity index (χ0) is 17.9. The van der Waals surface area contributed by atoms with Gasteiger partial charge in [0.25, 0.3) is 0 Å². The van der Waals surface area contributed by atoms with Crippen LogP contribution >= 0.6 is 11.6 Å². The number of halogens is 2. The number of benzene rings is 1. The summed E-state index contributed by atoms with van der Waals surface area (Å²) in [7, 11) is 0. The predicted octanol–water partition coefficient (Wildman–Crippen LogP) is 2.22.